The van der Waals surface area contributed by atoms with Gasteiger partial charge in [-0.2, -0.15) is 0 Å². The van der Waals surface area contributed by atoms with Gasteiger partial charge in [-0.25, -0.2) is 4.98 Å². The van der Waals surface area contributed by atoms with Crippen LogP contribution in [-0.4, -0.2) is 36.6 Å². The van der Waals surface area contributed by atoms with Crippen LogP contribution in [-0.2, 0) is 27.4 Å². The fourth-order valence-corrected chi connectivity index (χ4v) is 4.12. The number of carbonyl (C=O) groups is 2. The van der Waals surface area contributed by atoms with Crippen LogP contribution in [0.25, 0.3) is 0 Å². The van der Waals surface area contributed by atoms with Crippen molar-refractivity contribution in [2.75, 3.05) is 24.7 Å². The lowest BCUT2D eigenvalue weighted by Crippen LogP contribution is -2.23. The van der Waals surface area contributed by atoms with Crippen molar-refractivity contribution in [2.24, 2.45) is 0 Å². The molecule has 0 spiro atoms. The molecule has 1 aromatic heterocycles. The number of aromatic nitrogens is 1. The van der Waals surface area contributed by atoms with Gasteiger partial charge in [0.05, 0.1) is 17.1 Å². The highest BCUT2D eigenvalue weighted by Gasteiger charge is 2.24. The summed E-state index contributed by atoms with van der Waals surface area (Å²) in [5.74, 6) is 0.753. The number of halogens is 1. The molecule has 3 heterocycles. The molecule has 1 fully saturated rings. The summed E-state index contributed by atoms with van der Waals surface area (Å²) in [4.78, 5) is 29.9. The van der Waals surface area contributed by atoms with Gasteiger partial charge < -0.3 is 14.2 Å². The van der Waals surface area contributed by atoms with Gasteiger partial charge in [-0.1, -0.05) is 11.6 Å². The minimum atomic E-state index is -0.398. The zero-order chi connectivity index (χ0) is 18.8. The normalized spacial score (nSPS) is 15.9. The van der Waals surface area contributed by atoms with Gasteiger partial charge in [-0.15, -0.1) is 11.3 Å². The molecule has 0 saturated carbocycles. The number of amides is 1. The second kappa shape index (κ2) is 7.74. The van der Waals surface area contributed by atoms with Crippen molar-refractivity contribution in [2.45, 2.75) is 25.9 Å². The number of anilines is 1. The highest BCUT2D eigenvalue weighted by atomic mass is 35.5. The van der Waals surface area contributed by atoms with Gasteiger partial charge >= 0.3 is 5.97 Å². The molecule has 1 aromatic carbocycles. The molecular formula is C18H17ClN2O5S. The molecule has 27 heavy (non-hydrogen) atoms. The van der Waals surface area contributed by atoms with E-state index < -0.39 is 5.97 Å². The maximum Gasteiger partial charge on any atom is 0.312 e. The highest BCUT2D eigenvalue weighted by Crippen LogP contribution is 2.38. The number of hydrogen-bond acceptors (Lipinski definition) is 7. The molecule has 0 unspecified atom stereocenters. The monoisotopic (exact) mass is 408 g/mol. The topological polar surface area (TPSA) is 78.0 Å². The van der Waals surface area contributed by atoms with E-state index >= 15 is 0 Å². The average Bonchev–Trinajstić information content (AvgIpc) is 3.28. The number of ether oxygens (including phenoxy) is 3. The summed E-state index contributed by atoms with van der Waals surface area (Å²) in [6, 6.07) is 3.45. The Balaban J connectivity index is 1.34. The van der Waals surface area contributed by atoms with Crippen molar-refractivity contribution in [3.63, 3.8) is 0 Å². The van der Waals surface area contributed by atoms with Gasteiger partial charge in [0.15, 0.2) is 16.6 Å². The summed E-state index contributed by atoms with van der Waals surface area (Å²) in [5, 5.41) is 2.85. The first-order valence-electron chi connectivity index (χ1n) is 8.58. The third-order valence-electron chi connectivity index (χ3n) is 4.23. The number of rotatable bonds is 5. The molecule has 142 valence electrons. The maximum absolute atomic E-state index is 12.1. The number of esters is 1. The predicted molar refractivity (Wildman–Crippen MR) is 99.6 cm³/mol. The lowest BCUT2D eigenvalue weighted by atomic mass is 10.2. The lowest BCUT2D eigenvalue weighted by Gasteiger charge is -2.20. The molecule has 0 N–H and O–H groups in total. The summed E-state index contributed by atoms with van der Waals surface area (Å²) >= 11 is 7.55. The molecule has 1 saturated heterocycles. The molecule has 2 aromatic rings. The summed E-state index contributed by atoms with van der Waals surface area (Å²) in [5.41, 5.74) is 1.32. The molecular weight excluding hydrogens is 392 g/mol. The Bertz CT molecular complexity index is 885. The van der Waals surface area contributed by atoms with E-state index in [2.05, 4.69) is 4.98 Å². The number of thiazole rings is 1. The van der Waals surface area contributed by atoms with Gasteiger partial charge in [0, 0.05) is 18.3 Å². The van der Waals surface area contributed by atoms with Crippen LogP contribution >= 0.6 is 22.9 Å². The molecule has 2 aliphatic rings. The first kappa shape index (κ1) is 18.1. The summed E-state index contributed by atoms with van der Waals surface area (Å²) < 4.78 is 16.3. The highest BCUT2D eigenvalue weighted by molar-refractivity contribution is 7.14. The number of fused-ring (bicyclic) bond motifs is 1. The number of nitrogens with zero attached hydrogens (tertiary/aromatic N) is 2. The molecule has 0 aliphatic carbocycles. The third-order valence-corrected chi connectivity index (χ3v) is 5.42. The molecule has 0 bridgehead atoms. The Kier molecular flexibility index (Phi) is 5.18. The molecule has 0 radical (unpaired) electrons. The fraction of sp³-hybridized carbons (Fsp3) is 0.389. The van der Waals surface area contributed by atoms with E-state index in [1.54, 1.807) is 22.4 Å². The molecule has 9 heteroatoms. The Morgan fingerprint density at radius 3 is 3.00 bits per heavy atom. The minimum absolute atomic E-state index is 0.0524. The molecule has 7 nitrogen and oxygen atoms in total. The van der Waals surface area contributed by atoms with Crippen LogP contribution in [0.4, 0.5) is 5.13 Å². The van der Waals surface area contributed by atoms with E-state index in [0.717, 1.165) is 12.0 Å². The summed E-state index contributed by atoms with van der Waals surface area (Å²) in [6.45, 7) is 1.68. The van der Waals surface area contributed by atoms with Gasteiger partial charge in [-0.3, -0.25) is 14.5 Å². The average molecular weight is 409 g/mol. The van der Waals surface area contributed by atoms with E-state index in [-0.39, 0.29) is 18.9 Å². The van der Waals surface area contributed by atoms with Crippen molar-refractivity contribution >= 4 is 39.9 Å². The zero-order valence-electron chi connectivity index (χ0n) is 14.4. The Morgan fingerprint density at radius 2 is 2.19 bits per heavy atom. The largest absolute Gasteiger partial charge is 0.486 e. The quantitative estimate of drug-likeness (QED) is 0.708. The first-order valence-corrected chi connectivity index (χ1v) is 9.84. The second-order valence-corrected chi connectivity index (χ2v) is 7.45. The van der Waals surface area contributed by atoms with E-state index in [1.807, 2.05) is 0 Å². The molecule has 2 aliphatic heterocycles. The van der Waals surface area contributed by atoms with Gasteiger partial charge in [-0.05, 0) is 24.1 Å². The lowest BCUT2D eigenvalue weighted by molar-refractivity contribution is -0.144. The van der Waals surface area contributed by atoms with Crippen molar-refractivity contribution in [3.05, 3.63) is 33.8 Å². The molecule has 4 rings (SSSR count). The molecule has 0 atom stereocenters. The maximum atomic E-state index is 12.1. The summed E-state index contributed by atoms with van der Waals surface area (Å²) in [7, 11) is 0. The number of carbonyl (C=O) groups excluding carboxylic acids is 2. The standard InChI is InChI=1S/C18H17ClN2O5S/c19-13-6-11(7-14-17(13)25-5-4-24-14)9-26-16(23)8-12-10-27-18(20-12)21-3-1-2-15(21)22/h6-7,10H,1-5,8-9H2. The number of benzene rings is 1. The van der Waals surface area contributed by atoms with Crippen molar-refractivity contribution < 1.29 is 23.8 Å². The van der Waals surface area contributed by atoms with Crippen LogP contribution in [0, 0.1) is 0 Å². The Labute approximate surface area is 164 Å². The number of hydrogen-bond donors (Lipinski definition) is 0. The smallest absolute Gasteiger partial charge is 0.312 e. The summed E-state index contributed by atoms with van der Waals surface area (Å²) in [6.07, 6.45) is 1.44. The van der Waals surface area contributed by atoms with Crippen LogP contribution < -0.4 is 14.4 Å². The van der Waals surface area contributed by atoms with Crippen molar-refractivity contribution in [3.8, 4) is 11.5 Å². The molecule has 1 amide bonds. The van der Waals surface area contributed by atoms with Gasteiger partial charge in [0.2, 0.25) is 5.91 Å². The SMILES string of the molecule is O=C(Cc1csc(N2CCCC2=O)n1)OCc1cc(Cl)c2c(c1)OCCO2. The fourth-order valence-electron chi connectivity index (χ4n) is 2.96. The van der Waals surface area contributed by atoms with Crippen LogP contribution in [0.1, 0.15) is 24.1 Å². The van der Waals surface area contributed by atoms with Crippen molar-refractivity contribution in [1.82, 2.24) is 4.98 Å². The van der Waals surface area contributed by atoms with Crippen LogP contribution in [0.2, 0.25) is 5.02 Å². The Hall–Kier alpha value is -2.32. The second-order valence-electron chi connectivity index (χ2n) is 6.21. The van der Waals surface area contributed by atoms with E-state index in [1.165, 1.54) is 11.3 Å². The van der Waals surface area contributed by atoms with E-state index in [9.17, 15) is 9.59 Å². The predicted octanol–water partition coefficient (Wildman–Crippen LogP) is 2.98. The van der Waals surface area contributed by atoms with E-state index in [0.29, 0.717) is 53.5 Å². The van der Waals surface area contributed by atoms with Crippen LogP contribution in [0.5, 0.6) is 11.5 Å². The minimum Gasteiger partial charge on any atom is -0.486 e. The van der Waals surface area contributed by atoms with Gasteiger partial charge in [0.25, 0.3) is 0 Å². The van der Waals surface area contributed by atoms with Crippen molar-refractivity contribution in [1.29, 1.82) is 0 Å². The first-order chi connectivity index (χ1) is 13.1. The van der Waals surface area contributed by atoms with Crippen LogP contribution in [0.15, 0.2) is 17.5 Å². The Morgan fingerprint density at radius 1 is 1.33 bits per heavy atom. The zero-order valence-corrected chi connectivity index (χ0v) is 16.0. The van der Waals surface area contributed by atoms with Crippen LogP contribution in [0.3, 0.4) is 0 Å². The van der Waals surface area contributed by atoms with E-state index in [4.69, 9.17) is 25.8 Å². The third kappa shape index (κ3) is 4.01. The van der Waals surface area contributed by atoms with Gasteiger partial charge in [0.1, 0.15) is 19.8 Å².